The van der Waals surface area contributed by atoms with Crippen LogP contribution in [0.15, 0.2) is 24.3 Å². The summed E-state index contributed by atoms with van der Waals surface area (Å²) in [5.41, 5.74) is 1.29. The highest BCUT2D eigenvalue weighted by Crippen LogP contribution is 2.34. The molecular formula is C13H18N2O3S. The molecule has 2 aliphatic rings. The van der Waals surface area contributed by atoms with Crippen LogP contribution >= 0.6 is 0 Å². The Labute approximate surface area is 113 Å². The maximum absolute atomic E-state index is 12.4. The molecule has 1 heterocycles. The van der Waals surface area contributed by atoms with Gasteiger partial charge in [-0.2, -0.15) is 13.1 Å². The summed E-state index contributed by atoms with van der Waals surface area (Å²) in [6.07, 6.45) is 2.49. The van der Waals surface area contributed by atoms with Gasteiger partial charge < -0.3 is 5.11 Å². The summed E-state index contributed by atoms with van der Waals surface area (Å²) in [7, 11) is -3.51. The summed E-state index contributed by atoms with van der Waals surface area (Å²) in [5.74, 6) is 0. The Kier molecular flexibility index (Phi) is 3.24. The van der Waals surface area contributed by atoms with Crippen molar-refractivity contribution in [2.45, 2.75) is 37.8 Å². The van der Waals surface area contributed by atoms with Gasteiger partial charge in [0.25, 0.3) is 0 Å². The molecule has 1 saturated carbocycles. The number of rotatable bonds is 3. The van der Waals surface area contributed by atoms with E-state index in [-0.39, 0.29) is 6.04 Å². The third-order valence-electron chi connectivity index (χ3n) is 3.59. The van der Waals surface area contributed by atoms with Crippen LogP contribution in [0.4, 0.5) is 5.69 Å². The van der Waals surface area contributed by atoms with Gasteiger partial charge in [0, 0.05) is 18.2 Å². The van der Waals surface area contributed by atoms with Crippen LogP contribution in [0.5, 0.6) is 0 Å². The summed E-state index contributed by atoms with van der Waals surface area (Å²) in [5, 5.41) is 10.1. The van der Waals surface area contributed by atoms with E-state index in [4.69, 9.17) is 0 Å². The van der Waals surface area contributed by atoms with E-state index in [9.17, 15) is 13.5 Å². The number of nitrogens with zero attached hydrogens (tertiary/aromatic N) is 1. The first-order valence-electron chi connectivity index (χ1n) is 6.65. The molecule has 5 nitrogen and oxygen atoms in total. The van der Waals surface area contributed by atoms with Crippen LogP contribution in [0.25, 0.3) is 0 Å². The van der Waals surface area contributed by atoms with Crippen LogP contribution in [-0.4, -0.2) is 26.1 Å². The lowest BCUT2D eigenvalue weighted by atomic mass is 10.1. The Morgan fingerprint density at radius 1 is 1.21 bits per heavy atom. The molecule has 0 radical (unpaired) electrons. The number of hydrogen-bond donors (Lipinski definition) is 2. The Balaban J connectivity index is 1.98. The zero-order valence-corrected chi connectivity index (χ0v) is 11.4. The van der Waals surface area contributed by atoms with Crippen LogP contribution in [0.2, 0.25) is 0 Å². The van der Waals surface area contributed by atoms with E-state index in [1.165, 1.54) is 4.31 Å². The fraction of sp³-hybridized carbons (Fsp3) is 0.538. The number of benzene rings is 1. The quantitative estimate of drug-likeness (QED) is 0.878. The molecule has 104 valence electrons. The maximum Gasteiger partial charge on any atom is 0.301 e. The molecule has 0 amide bonds. The molecule has 6 heteroatoms. The van der Waals surface area contributed by atoms with E-state index in [2.05, 4.69) is 4.72 Å². The molecule has 1 unspecified atom stereocenters. The number of aliphatic hydroxyl groups is 1. The van der Waals surface area contributed by atoms with Crippen molar-refractivity contribution < 1.29 is 13.5 Å². The summed E-state index contributed by atoms with van der Waals surface area (Å²) < 4.78 is 28.9. The van der Waals surface area contributed by atoms with Gasteiger partial charge in [0.15, 0.2) is 0 Å². The molecule has 1 aromatic rings. The SMILES string of the molecule is O=S(=O)(NC1CC1)N1CCCC(O)c2ccccc21. The molecule has 0 aromatic heterocycles. The van der Waals surface area contributed by atoms with Crippen molar-refractivity contribution in [1.29, 1.82) is 0 Å². The first kappa shape index (κ1) is 12.9. The molecular weight excluding hydrogens is 264 g/mol. The van der Waals surface area contributed by atoms with E-state index >= 15 is 0 Å². The third-order valence-corrected chi connectivity index (χ3v) is 5.18. The third kappa shape index (κ3) is 2.61. The second-order valence-electron chi connectivity index (χ2n) is 5.19. The molecule has 1 fully saturated rings. The maximum atomic E-state index is 12.4. The molecule has 2 N–H and O–H groups in total. The first-order valence-corrected chi connectivity index (χ1v) is 8.09. The molecule has 1 aliphatic heterocycles. The van der Waals surface area contributed by atoms with Crippen LogP contribution < -0.4 is 9.03 Å². The molecule has 1 atom stereocenters. The fourth-order valence-electron chi connectivity index (χ4n) is 2.43. The standard InChI is InChI=1S/C13H18N2O3S/c16-13-6-3-9-15(12-5-2-1-4-11(12)13)19(17,18)14-10-7-8-10/h1-2,4-5,10,13-14,16H,3,6-9H2. The van der Waals surface area contributed by atoms with Gasteiger partial charge in [-0.05, 0) is 31.7 Å². The summed E-state index contributed by atoms with van der Waals surface area (Å²) in [6, 6.07) is 7.27. The molecule has 19 heavy (non-hydrogen) atoms. The van der Waals surface area contributed by atoms with Crippen LogP contribution in [-0.2, 0) is 10.2 Å². The van der Waals surface area contributed by atoms with Crippen LogP contribution in [0.3, 0.4) is 0 Å². The smallest absolute Gasteiger partial charge is 0.301 e. The van der Waals surface area contributed by atoms with E-state index in [1.807, 2.05) is 6.07 Å². The zero-order valence-electron chi connectivity index (χ0n) is 10.6. The highest BCUT2D eigenvalue weighted by Gasteiger charge is 2.33. The molecule has 0 spiro atoms. The van der Waals surface area contributed by atoms with E-state index in [0.717, 1.165) is 12.8 Å². The second-order valence-corrected chi connectivity index (χ2v) is 6.81. The average molecular weight is 282 g/mol. The van der Waals surface area contributed by atoms with Crippen molar-refractivity contribution in [3.8, 4) is 0 Å². The number of hydrogen-bond acceptors (Lipinski definition) is 3. The summed E-state index contributed by atoms with van der Waals surface area (Å²) in [4.78, 5) is 0. The van der Waals surface area contributed by atoms with Gasteiger partial charge in [-0.15, -0.1) is 0 Å². The molecule has 0 bridgehead atoms. The second kappa shape index (κ2) is 4.77. The number of aliphatic hydroxyl groups excluding tert-OH is 1. The number of fused-ring (bicyclic) bond motifs is 1. The van der Waals surface area contributed by atoms with Gasteiger partial charge in [-0.25, -0.2) is 0 Å². The number of anilines is 1. The molecule has 3 rings (SSSR count). The Bertz CT molecular complexity index is 569. The van der Waals surface area contributed by atoms with Crippen molar-refractivity contribution in [2.24, 2.45) is 0 Å². The summed E-state index contributed by atoms with van der Waals surface area (Å²) >= 11 is 0. The largest absolute Gasteiger partial charge is 0.388 e. The highest BCUT2D eigenvalue weighted by atomic mass is 32.2. The van der Waals surface area contributed by atoms with E-state index < -0.39 is 16.3 Å². The Hall–Kier alpha value is -1.11. The van der Waals surface area contributed by atoms with Gasteiger partial charge in [-0.3, -0.25) is 4.31 Å². The van der Waals surface area contributed by atoms with E-state index in [1.54, 1.807) is 18.2 Å². The average Bonchev–Trinajstić information content (AvgIpc) is 3.17. The van der Waals surface area contributed by atoms with Gasteiger partial charge in [0.1, 0.15) is 0 Å². The minimum atomic E-state index is -3.51. The number of para-hydroxylation sites is 1. The van der Waals surface area contributed by atoms with Crippen molar-refractivity contribution in [1.82, 2.24) is 4.72 Å². The Morgan fingerprint density at radius 2 is 1.95 bits per heavy atom. The molecule has 1 aliphatic carbocycles. The van der Waals surface area contributed by atoms with E-state index in [0.29, 0.717) is 30.6 Å². The highest BCUT2D eigenvalue weighted by molar-refractivity contribution is 7.90. The zero-order chi connectivity index (χ0) is 13.5. The monoisotopic (exact) mass is 282 g/mol. The lowest BCUT2D eigenvalue weighted by molar-refractivity contribution is 0.168. The molecule has 1 aromatic carbocycles. The minimum absolute atomic E-state index is 0.0883. The van der Waals surface area contributed by atoms with Crippen LogP contribution in [0, 0.1) is 0 Å². The topological polar surface area (TPSA) is 69.6 Å². The predicted octanol–water partition coefficient (Wildman–Crippen LogP) is 1.32. The van der Waals surface area contributed by atoms with Crippen molar-refractivity contribution in [2.75, 3.05) is 10.8 Å². The van der Waals surface area contributed by atoms with Crippen molar-refractivity contribution >= 4 is 15.9 Å². The van der Waals surface area contributed by atoms with Gasteiger partial charge in [0.2, 0.25) is 0 Å². The van der Waals surface area contributed by atoms with Crippen molar-refractivity contribution in [3.05, 3.63) is 29.8 Å². The predicted molar refractivity (Wildman–Crippen MR) is 73.1 cm³/mol. The number of nitrogens with one attached hydrogen (secondary N) is 1. The summed E-state index contributed by atoms with van der Waals surface area (Å²) in [6.45, 7) is 0.413. The van der Waals surface area contributed by atoms with Crippen molar-refractivity contribution in [3.63, 3.8) is 0 Å². The lowest BCUT2D eigenvalue weighted by Gasteiger charge is -2.24. The van der Waals surface area contributed by atoms with Gasteiger partial charge >= 0.3 is 10.2 Å². The first-order chi connectivity index (χ1) is 9.08. The normalized spacial score (nSPS) is 23.8. The minimum Gasteiger partial charge on any atom is -0.388 e. The van der Waals surface area contributed by atoms with Gasteiger partial charge in [0.05, 0.1) is 11.8 Å². The molecule has 0 saturated heterocycles. The Morgan fingerprint density at radius 3 is 2.68 bits per heavy atom. The fourth-order valence-corrected chi connectivity index (χ4v) is 4.00. The lowest BCUT2D eigenvalue weighted by Crippen LogP contribution is -2.42. The van der Waals surface area contributed by atoms with Crippen LogP contribution in [0.1, 0.15) is 37.4 Å². The van der Waals surface area contributed by atoms with Gasteiger partial charge in [-0.1, -0.05) is 18.2 Å².